The minimum atomic E-state index is 0.839. The molecule has 9 aromatic carbocycles. The van der Waals surface area contributed by atoms with E-state index in [9.17, 15) is 0 Å². The molecule has 12 rings (SSSR count). The lowest BCUT2D eigenvalue weighted by molar-refractivity contribution is 1.09. The highest BCUT2D eigenvalue weighted by Crippen LogP contribution is 2.45. The van der Waals surface area contributed by atoms with Gasteiger partial charge in [0.2, 0.25) is 0 Å². The van der Waals surface area contributed by atoms with Gasteiger partial charge in [-0.05, 0) is 78.8 Å². The third-order valence-corrected chi connectivity index (χ3v) is 12.0. The number of hydrogen-bond donors (Lipinski definition) is 0. The molecule has 0 aliphatic rings. The average molecular weight is 678 g/mol. The van der Waals surface area contributed by atoms with Crippen molar-refractivity contribution in [3.05, 3.63) is 164 Å². The molecule has 0 atom stereocenters. The van der Waals surface area contributed by atoms with Crippen LogP contribution in [0, 0.1) is 0 Å². The van der Waals surface area contributed by atoms with Crippen molar-refractivity contribution in [2.45, 2.75) is 0 Å². The van der Waals surface area contributed by atoms with Gasteiger partial charge in [0, 0.05) is 31.8 Å². The lowest BCUT2D eigenvalue weighted by atomic mass is 9.91. The largest absolute Gasteiger partial charge is 0.292 e. The fourth-order valence-corrected chi connectivity index (χ4v) is 9.63. The number of benzene rings is 9. The quantitative estimate of drug-likeness (QED) is 0.171. The fourth-order valence-electron chi connectivity index (χ4n) is 8.61. The van der Waals surface area contributed by atoms with Crippen molar-refractivity contribution in [2.24, 2.45) is 0 Å². The van der Waals surface area contributed by atoms with Gasteiger partial charge in [0.05, 0.1) is 11.0 Å². The molecule has 52 heavy (non-hydrogen) atoms. The Morgan fingerprint density at radius 2 is 1.00 bits per heavy atom. The summed E-state index contributed by atoms with van der Waals surface area (Å²) in [4.78, 5) is 12.1. The molecule has 12 aromatic rings. The first-order valence-corrected chi connectivity index (χ1v) is 18.5. The molecule has 4 heteroatoms. The second-order valence-corrected chi connectivity index (χ2v) is 14.8. The van der Waals surface area contributed by atoms with E-state index in [1.54, 1.807) is 11.3 Å². The molecule has 0 aliphatic carbocycles. The minimum absolute atomic E-state index is 0.839. The summed E-state index contributed by atoms with van der Waals surface area (Å²) in [5.74, 6) is 0.839. The molecule has 0 bridgehead atoms. The van der Waals surface area contributed by atoms with E-state index >= 15 is 0 Å². The molecular formula is C48H27N3S. The molecule has 3 aromatic heterocycles. The molecule has 240 valence electrons. The Bertz CT molecular complexity index is 3440. The molecule has 0 spiro atoms. The van der Waals surface area contributed by atoms with Gasteiger partial charge in [0.15, 0.2) is 5.82 Å². The van der Waals surface area contributed by atoms with Crippen LogP contribution in [0.2, 0.25) is 0 Å². The van der Waals surface area contributed by atoms with Crippen molar-refractivity contribution in [1.82, 2.24) is 14.5 Å². The summed E-state index contributed by atoms with van der Waals surface area (Å²) in [7, 11) is 0. The molecule has 3 heterocycles. The number of fused-ring (bicyclic) bond motifs is 15. The van der Waals surface area contributed by atoms with E-state index in [-0.39, 0.29) is 0 Å². The van der Waals surface area contributed by atoms with Crippen LogP contribution < -0.4 is 0 Å². The van der Waals surface area contributed by atoms with E-state index in [4.69, 9.17) is 9.97 Å². The molecule has 0 N–H and O–H groups in total. The summed E-state index contributed by atoms with van der Waals surface area (Å²) in [6.45, 7) is 0. The summed E-state index contributed by atoms with van der Waals surface area (Å²) < 4.78 is 3.58. The number of thiophene rings is 1. The molecular weight excluding hydrogens is 651 g/mol. The molecule has 0 fully saturated rings. The second-order valence-electron chi connectivity index (χ2n) is 13.7. The molecule has 0 unspecified atom stereocenters. The van der Waals surface area contributed by atoms with Crippen LogP contribution in [0.15, 0.2) is 164 Å². The van der Waals surface area contributed by atoms with E-state index in [0.29, 0.717) is 0 Å². The van der Waals surface area contributed by atoms with E-state index in [0.717, 1.165) is 43.8 Å². The van der Waals surface area contributed by atoms with E-state index in [1.807, 2.05) is 0 Å². The monoisotopic (exact) mass is 677 g/mol. The Morgan fingerprint density at radius 1 is 0.404 bits per heavy atom. The Hall–Kier alpha value is -6.62. The van der Waals surface area contributed by atoms with Crippen LogP contribution >= 0.6 is 11.3 Å². The third-order valence-electron chi connectivity index (χ3n) is 10.9. The highest BCUT2D eigenvalue weighted by atomic mass is 32.1. The Morgan fingerprint density at radius 3 is 1.77 bits per heavy atom. The second kappa shape index (κ2) is 10.5. The van der Waals surface area contributed by atoms with Crippen molar-refractivity contribution >= 4 is 107 Å². The zero-order chi connectivity index (χ0) is 33.9. The van der Waals surface area contributed by atoms with Gasteiger partial charge >= 0.3 is 0 Å². The smallest absolute Gasteiger partial charge is 0.165 e. The lowest BCUT2D eigenvalue weighted by Gasteiger charge is -2.14. The van der Waals surface area contributed by atoms with Gasteiger partial charge in [-0.2, -0.15) is 0 Å². The molecule has 0 aliphatic heterocycles. The van der Waals surface area contributed by atoms with Gasteiger partial charge in [-0.15, -0.1) is 11.3 Å². The van der Waals surface area contributed by atoms with Crippen LogP contribution in [-0.4, -0.2) is 14.5 Å². The topological polar surface area (TPSA) is 30.7 Å². The number of rotatable bonds is 2. The standard InChI is InChI=1S/C48H27N3S/c1-2-12-29-25-32(22-21-28(29)11-1)45-47(49-46-38-19-9-10-20-42(38)52-48(46)50-45)51-40-24-23-37-35-17-6-5-15-33(35)34-16-7-8-18-36(34)43(37)44(40)39-26-30-13-3-4-14-31(30)27-41(39)51/h1-27H. The van der Waals surface area contributed by atoms with Gasteiger partial charge in [-0.1, -0.05) is 133 Å². The van der Waals surface area contributed by atoms with Gasteiger partial charge in [0.1, 0.15) is 16.0 Å². The summed E-state index contributed by atoms with van der Waals surface area (Å²) in [5, 5.41) is 16.0. The first kappa shape index (κ1) is 28.1. The Kier molecular flexibility index (Phi) is 5.65. The average Bonchev–Trinajstić information content (AvgIpc) is 3.73. The highest BCUT2D eigenvalue weighted by Gasteiger charge is 2.24. The van der Waals surface area contributed by atoms with Gasteiger partial charge < -0.3 is 0 Å². The summed E-state index contributed by atoms with van der Waals surface area (Å²) in [6, 6.07) is 59.5. The van der Waals surface area contributed by atoms with E-state index in [2.05, 4.69) is 168 Å². The summed E-state index contributed by atoms with van der Waals surface area (Å²) in [6.07, 6.45) is 0. The SMILES string of the molecule is c1ccc2cc(-c3nc4sc5ccccc5c4nc3-n3c4cc5ccccc5cc4c4c5c6ccccc6c6ccccc6c5ccc43)ccc2c1. The normalized spacial score (nSPS) is 12.2. The molecule has 0 amide bonds. The van der Waals surface area contributed by atoms with E-state index < -0.39 is 0 Å². The maximum absolute atomic E-state index is 5.65. The molecule has 0 radical (unpaired) electrons. The van der Waals surface area contributed by atoms with E-state index in [1.165, 1.54) is 69.3 Å². The van der Waals surface area contributed by atoms with Crippen LogP contribution in [0.1, 0.15) is 0 Å². The lowest BCUT2D eigenvalue weighted by Crippen LogP contribution is -2.03. The third kappa shape index (κ3) is 3.84. The van der Waals surface area contributed by atoms with Crippen LogP contribution in [0.5, 0.6) is 0 Å². The first-order chi connectivity index (χ1) is 25.8. The first-order valence-electron chi connectivity index (χ1n) is 17.7. The summed E-state index contributed by atoms with van der Waals surface area (Å²) >= 11 is 1.71. The van der Waals surface area contributed by atoms with Crippen molar-refractivity contribution in [3.8, 4) is 17.1 Å². The van der Waals surface area contributed by atoms with Crippen LogP contribution in [-0.2, 0) is 0 Å². The number of hydrogen-bond acceptors (Lipinski definition) is 3. The number of aromatic nitrogens is 3. The Labute approximate surface area is 301 Å². The Balaban J connectivity index is 1.31. The predicted molar refractivity (Wildman–Crippen MR) is 222 cm³/mol. The maximum Gasteiger partial charge on any atom is 0.165 e. The zero-order valence-corrected chi connectivity index (χ0v) is 28.7. The fraction of sp³-hybridized carbons (Fsp3) is 0. The van der Waals surface area contributed by atoms with Crippen LogP contribution in [0.25, 0.3) is 113 Å². The van der Waals surface area contributed by atoms with Crippen molar-refractivity contribution in [1.29, 1.82) is 0 Å². The minimum Gasteiger partial charge on any atom is -0.292 e. The molecule has 3 nitrogen and oxygen atoms in total. The van der Waals surface area contributed by atoms with Gasteiger partial charge in [0.25, 0.3) is 0 Å². The summed E-state index contributed by atoms with van der Waals surface area (Å²) in [5.41, 5.74) is 5.10. The van der Waals surface area contributed by atoms with Crippen LogP contribution in [0.3, 0.4) is 0 Å². The maximum atomic E-state index is 5.65. The number of nitrogens with zero attached hydrogens (tertiary/aromatic N) is 3. The molecule has 0 saturated carbocycles. The zero-order valence-electron chi connectivity index (χ0n) is 27.8. The van der Waals surface area contributed by atoms with Crippen molar-refractivity contribution < 1.29 is 0 Å². The van der Waals surface area contributed by atoms with Crippen molar-refractivity contribution in [3.63, 3.8) is 0 Å². The van der Waals surface area contributed by atoms with Gasteiger partial charge in [-0.25, -0.2) is 9.97 Å². The molecule has 0 saturated heterocycles. The van der Waals surface area contributed by atoms with Crippen LogP contribution in [0.4, 0.5) is 0 Å². The van der Waals surface area contributed by atoms with Gasteiger partial charge in [-0.3, -0.25) is 4.57 Å². The van der Waals surface area contributed by atoms with Crippen molar-refractivity contribution in [2.75, 3.05) is 0 Å². The predicted octanol–water partition coefficient (Wildman–Crippen LogP) is 13.4. The highest BCUT2D eigenvalue weighted by molar-refractivity contribution is 7.25.